The Morgan fingerprint density at radius 1 is 0.920 bits per heavy atom. The number of nitrogens with zero attached hydrogens (tertiary/aromatic N) is 1. The highest BCUT2D eigenvalue weighted by molar-refractivity contribution is 5.87. The molecule has 0 atom stereocenters. The van der Waals surface area contributed by atoms with Gasteiger partial charge < -0.3 is 9.64 Å². The number of hydrogen-bond acceptors (Lipinski definition) is 3. The van der Waals surface area contributed by atoms with Crippen LogP contribution in [0.1, 0.15) is 31.9 Å². The van der Waals surface area contributed by atoms with Crippen molar-refractivity contribution in [2.45, 2.75) is 26.2 Å². The molecule has 0 aromatic heterocycles. The average molecular weight is 362 g/mol. The fourth-order valence-corrected chi connectivity index (χ4v) is 2.90. The lowest BCUT2D eigenvalue weighted by Crippen LogP contribution is -2.37. The molecule has 0 saturated carbocycles. The summed E-state index contributed by atoms with van der Waals surface area (Å²) in [5.41, 5.74) is 1.10. The Morgan fingerprint density at radius 2 is 1.36 bits per heavy atom. The predicted molar refractivity (Wildman–Crippen MR) is 105 cm³/mol. The standard InChI is InChI=1S/C21H27NO2.ClH/c1-4-22(5-2)16-17-24-20(23)21(3,18-12-8-6-9-13-18)19-14-10-7-11-15-19;/h6-15H,4-5,16-17H2,1-3H3;1H. The minimum absolute atomic E-state index is 0. The molecular formula is C21H28ClNO2. The zero-order valence-electron chi connectivity index (χ0n) is 15.3. The minimum atomic E-state index is -0.800. The summed E-state index contributed by atoms with van der Waals surface area (Å²) in [4.78, 5) is 15.2. The second kappa shape index (κ2) is 10.2. The van der Waals surface area contributed by atoms with Crippen molar-refractivity contribution >= 4 is 18.4 Å². The molecule has 0 unspecified atom stereocenters. The molecule has 0 saturated heterocycles. The first-order chi connectivity index (χ1) is 11.6. The van der Waals surface area contributed by atoms with Gasteiger partial charge in [0.25, 0.3) is 0 Å². The van der Waals surface area contributed by atoms with E-state index < -0.39 is 5.41 Å². The van der Waals surface area contributed by atoms with E-state index in [-0.39, 0.29) is 18.4 Å². The largest absolute Gasteiger partial charge is 0.463 e. The van der Waals surface area contributed by atoms with Gasteiger partial charge in [0.15, 0.2) is 0 Å². The first-order valence-electron chi connectivity index (χ1n) is 8.63. The van der Waals surface area contributed by atoms with E-state index >= 15 is 0 Å². The molecule has 0 aliphatic heterocycles. The van der Waals surface area contributed by atoms with Gasteiger partial charge in [0.1, 0.15) is 12.0 Å². The maximum absolute atomic E-state index is 13.0. The number of carbonyl (C=O) groups is 1. The number of rotatable bonds is 8. The van der Waals surface area contributed by atoms with Crippen molar-refractivity contribution in [2.75, 3.05) is 26.2 Å². The summed E-state index contributed by atoms with van der Waals surface area (Å²) in [5.74, 6) is -0.202. The van der Waals surface area contributed by atoms with E-state index in [1.165, 1.54) is 0 Å². The van der Waals surface area contributed by atoms with Crippen LogP contribution < -0.4 is 0 Å². The van der Waals surface area contributed by atoms with Crippen molar-refractivity contribution in [1.82, 2.24) is 4.90 Å². The average Bonchev–Trinajstić information content (AvgIpc) is 2.65. The number of likely N-dealkylation sites (N-methyl/N-ethyl adjacent to an activating group) is 1. The topological polar surface area (TPSA) is 29.5 Å². The molecule has 0 fully saturated rings. The van der Waals surface area contributed by atoms with E-state index in [0.717, 1.165) is 30.8 Å². The Labute approximate surface area is 157 Å². The highest BCUT2D eigenvalue weighted by Gasteiger charge is 2.38. The second-order valence-electron chi connectivity index (χ2n) is 6.02. The molecule has 3 nitrogen and oxygen atoms in total. The Morgan fingerprint density at radius 3 is 1.76 bits per heavy atom. The van der Waals surface area contributed by atoms with Gasteiger partial charge in [-0.2, -0.15) is 0 Å². The van der Waals surface area contributed by atoms with Crippen LogP contribution in [0.25, 0.3) is 0 Å². The van der Waals surface area contributed by atoms with Crippen LogP contribution in [0, 0.1) is 0 Å². The summed E-state index contributed by atoms with van der Waals surface area (Å²) in [5, 5.41) is 0. The smallest absolute Gasteiger partial charge is 0.320 e. The molecule has 2 aromatic carbocycles. The van der Waals surface area contributed by atoms with E-state index in [2.05, 4.69) is 18.7 Å². The molecule has 0 N–H and O–H groups in total. The van der Waals surface area contributed by atoms with Crippen LogP contribution in [0.4, 0.5) is 0 Å². The summed E-state index contributed by atoms with van der Waals surface area (Å²) < 4.78 is 5.67. The fraction of sp³-hybridized carbons (Fsp3) is 0.381. The van der Waals surface area contributed by atoms with E-state index in [9.17, 15) is 4.79 Å². The Bertz CT molecular complexity index is 587. The van der Waals surface area contributed by atoms with Crippen LogP contribution in [0.5, 0.6) is 0 Å². The monoisotopic (exact) mass is 361 g/mol. The highest BCUT2D eigenvalue weighted by Crippen LogP contribution is 2.33. The third kappa shape index (κ3) is 5.07. The van der Waals surface area contributed by atoms with Crippen LogP contribution in [-0.4, -0.2) is 37.1 Å². The van der Waals surface area contributed by atoms with Crippen molar-refractivity contribution in [3.8, 4) is 0 Å². The molecule has 25 heavy (non-hydrogen) atoms. The quantitative estimate of drug-likeness (QED) is 0.656. The molecule has 0 aliphatic carbocycles. The van der Waals surface area contributed by atoms with Gasteiger partial charge in [0.05, 0.1) is 0 Å². The number of halogens is 1. The predicted octanol–water partition coefficient (Wildman–Crippen LogP) is 4.30. The zero-order chi connectivity index (χ0) is 17.4. The van der Waals surface area contributed by atoms with E-state index in [4.69, 9.17) is 4.74 Å². The number of benzene rings is 2. The zero-order valence-corrected chi connectivity index (χ0v) is 16.1. The number of hydrogen-bond donors (Lipinski definition) is 0. The number of ether oxygens (including phenoxy) is 1. The molecular weight excluding hydrogens is 334 g/mol. The van der Waals surface area contributed by atoms with Crippen LogP contribution in [-0.2, 0) is 14.9 Å². The van der Waals surface area contributed by atoms with Gasteiger partial charge in [0.2, 0.25) is 0 Å². The summed E-state index contributed by atoms with van der Waals surface area (Å²) in [7, 11) is 0. The minimum Gasteiger partial charge on any atom is -0.463 e. The molecule has 0 bridgehead atoms. The second-order valence-corrected chi connectivity index (χ2v) is 6.02. The third-order valence-electron chi connectivity index (χ3n) is 4.65. The van der Waals surface area contributed by atoms with E-state index in [1.807, 2.05) is 67.6 Å². The summed E-state index contributed by atoms with van der Waals surface area (Å²) in [6.07, 6.45) is 0. The maximum atomic E-state index is 13.0. The molecule has 2 aromatic rings. The lowest BCUT2D eigenvalue weighted by Gasteiger charge is -2.29. The van der Waals surface area contributed by atoms with Crippen LogP contribution in [0.2, 0.25) is 0 Å². The van der Waals surface area contributed by atoms with Crippen molar-refractivity contribution in [1.29, 1.82) is 0 Å². The molecule has 2 rings (SSSR count). The molecule has 0 aliphatic rings. The van der Waals surface area contributed by atoms with Crippen LogP contribution >= 0.6 is 12.4 Å². The molecule has 0 radical (unpaired) electrons. The highest BCUT2D eigenvalue weighted by atomic mass is 35.5. The SMILES string of the molecule is CCN(CC)CCOC(=O)C(C)(c1ccccc1)c1ccccc1.Cl. The summed E-state index contributed by atoms with van der Waals surface area (Å²) >= 11 is 0. The summed E-state index contributed by atoms with van der Waals surface area (Å²) in [6, 6.07) is 19.7. The van der Waals surface area contributed by atoms with Gasteiger partial charge in [0, 0.05) is 6.54 Å². The molecule has 0 heterocycles. The first-order valence-corrected chi connectivity index (χ1v) is 8.63. The Kier molecular flexibility index (Phi) is 8.67. The molecule has 4 heteroatoms. The third-order valence-corrected chi connectivity index (χ3v) is 4.65. The number of carbonyl (C=O) groups excluding carboxylic acids is 1. The lowest BCUT2D eigenvalue weighted by atomic mass is 9.76. The van der Waals surface area contributed by atoms with Crippen LogP contribution in [0.3, 0.4) is 0 Å². The van der Waals surface area contributed by atoms with Gasteiger partial charge in [-0.05, 0) is 31.1 Å². The van der Waals surface area contributed by atoms with Crippen molar-refractivity contribution < 1.29 is 9.53 Å². The maximum Gasteiger partial charge on any atom is 0.320 e. The number of esters is 1. The van der Waals surface area contributed by atoms with Crippen LogP contribution in [0.15, 0.2) is 60.7 Å². The molecule has 136 valence electrons. The van der Waals surface area contributed by atoms with E-state index in [1.54, 1.807) is 0 Å². The van der Waals surface area contributed by atoms with Gasteiger partial charge >= 0.3 is 5.97 Å². The van der Waals surface area contributed by atoms with Gasteiger partial charge in [-0.1, -0.05) is 74.5 Å². The van der Waals surface area contributed by atoms with E-state index in [0.29, 0.717) is 6.61 Å². The van der Waals surface area contributed by atoms with Gasteiger partial charge in [-0.15, -0.1) is 12.4 Å². The first kappa shape index (κ1) is 21.2. The summed E-state index contributed by atoms with van der Waals surface area (Å²) in [6.45, 7) is 9.27. The normalized spacial score (nSPS) is 11.0. The van der Waals surface area contributed by atoms with Crippen molar-refractivity contribution in [2.24, 2.45) is 0 Å². The Balaban J connectivity index is 0.00000312. The van der Waals surface area contributed by atoms with Crippen molar-refractivity contribution in [3.63, 3.8) is 0 Å². The molecule has 0 amide bonds. The fourth-order valence-electron chi connectivity index (χ4n) is 2.90. The van der Waals surface area contributed by atoms with Gasteiger partial charge in [-0.25, -0.2) is 0 Å². The Hall–Kier alpha value is -1.84. The lowest BCUT2D eigenvalue weighted by molar-refractivity contribution is -0.148. The van der Waals surface area contributed by atoms with Crippen molar-refractivity contribution in [3.05, 3.63) is 71.8 Å². The molecule has 0 spiro atoms. The van der Waals surface area contributed by atoms with Gasteiger partial charge in [-0.3, -0.25) is 4.79 Å².